The van der Waals surface area contributed by atoms with Gasteiger partial charge in [0.25, 0.3) is 0 Å². The summed E-state index contributed by atoms with van der Waals surface area (Å²) in [6.45, 7) is 13.1. The van der Waals surface area contributed by atoms with E-state index in [0.717, 1.165) is 13.2 Å². The molecule has 26 heavy (non-hydrogen) atoms. The van der Waals surface area contributed by atoms with Crippen molar-refractivity contribution in [1.82, 2.24) is 0 Å². The average molecular weight is 387 g/mol. The van der Waals surface area contributed by atoms with Crippen LogP contribution >= 0.6 is 0 Å². The Labute approximate surface area is 159 Å². The molecule has 0 aliphatic rings. The second-order valence-electron chi connectivity index (χ2n) is 4.55. The lowest BCUT2D eigenvalue weighted by Gasteiger charge is -2.01. The highest BCUT2D eigenvalue weighted by Crippen LogP contribution is 1.86. The van der Waals surface area contributed by atoms with Gasteiger partial charge in [0.2, 0.25) is 0 Å². The van der Waals surface area contributed by atoms with E-state index in [4.69, 9.17) is 39.4 Å². The second-order valence-corrected chi connectivity index (χ2v) is 4.55. The van der Waals surface area contributed by atoms with Gasteiger partial charge in [-0.25, -0.2) is 0 Å². The molecule has 0 amide bonds. The average Bonchev–Trinajstić information content (AvgIpc) is 2.65. The van der Waals surface area contributed by atoms with Crippen LogP contribution in [0.25, 0.3) is 0 Å². The molecular weight excluding hydrogens is 344 g/mol. The summed E-state index contributed by atoms with van der Waals surface area (Å²) >= 11 is 0. The quantitative estimate of drug-likeness (QED) is 0.289. The molecule has 0 aromatic rings. The SMILES string of the molecule is C/C=C/OC(C)C.CCOCC.OCCO.OCCOCCOCCO. The molecule has 0 atom stereocenters. The summed E-state index contributed by atoms with van der Waals surface area (Å²) < 4.78 is 19.6. The van der Waals surface area contributed by atoms with Crippen molar-refractivity contribution in [1.29, 1.82) is 0 Å². The minimum atomic E-state index is -0.125. The number of allylic oxidation sites excluding steroid dienone is 1. The number of hydrogen-bond acceptors (Lipinski definition) is 8. The fraction of sp³-hybridized carbons (Fsp3) is 0.889. The number of aliphatic hydroxyl groups is 4. The zero-order valence-corrected chi connectivity index (χ0v) is 17.2. The van der Waals surface area contributed by atoms with Crippen molar-refractivity contribution in [3.05, 3.63) is 12.3 Å². The summed E-state index contributed by atoms with van der Waals surface area (Å²) in [6, 6.07) is 0. The molecule has 0 spiro atoms. The van der Waals surface area contributed by atoms with Gasteiger partial charge in [0.05, 0.1) is 65.2 Å². The molecule has 162 valence electrons. The van der Waals surface area contributed by atoms with Gasteiger partial charge in [0.15, 0.2) is 0 Å². The van der Waals surface area contributed by atoms with Crippen LogP contribution in [0, 0.1) is 0 Å². The summed E-state index contributed by atoms with van der Waals surface area (Å²) in [6.07, 6.45) is 3.89. The number of aliphatic hydroxyl groups excluding tert-OH is 4. The maximum Gasteiger partial charge on any atom is 0.0922 e. The Kier molecular flexibility index (Phi) is 49.8. The molecule has 0 radical (unpaired) electrons. The van der Waals surface area contributed by atoms with E-state index in [9.17, 15) is 0 Å². The van der Waals surface area contributed by atoms with Gasteiger partial charge in [-0.15, -0.1) is 0 Å². The van der Waals surface area contributed by atoms with Crippen molar-refractivity contribution in [2.75, 3.05) is 66.1 Å². The van der Waals surface area contributed by atoms with Crippen LogP contribution in [-0.2, 0) is 18.9 Å². The summed E-state index contributed by atoms with van der Waals surface area (Å²) in [5, 5.41) is 31.8. The Morgan fingerprint density at radius 1 is 0.692 bits per heavy atom. The van der Waals surface area contributed by atoms with Crippen LogP contribution in [0.2, 0.25) is 0 Å². The first kappa shape index (κ1) is 32.9. The lowest BCUT2D eigenvalue weighted by molar-refractivity contribution is 0.0222. The molecule has 0 saturated heterocycles. The van der Waals surface area contributed by atoms with Crippen molar-refractivity contribution in [3.8, 4) is 0 Å². The third-order valence-electron chi connectivity index (χ3n) is 1.84. The molecular formula is C18H42O8. The minimum Gasteiger partial charge on any atom is -0.499 e. The topological polar surface area (TPSA) is 118 Å². The molecule has 0 rings (SSSR count). The Morgan fingerprint density at radius 3 is 1.27 bits per heavy atom. The van der Waals surface area contributed by atoms with Gasteiger partial charge < -0.3 is 39.4 Å². The summed E-state index contributed by atoms with van der Waals surface area (Å²) in [4.78, 5) is 0. The molecule has 0 aromatic heterocycles. The predicted octanol–water partition coefficient (Wildman–Crippen LogP) is 0.963. The molecule has 0 heterocycles. The first-order chi connectivity index (χ1) is 12.5. The molecule has 0 aliphatic carbocycles. The largest absolute Gasteiger partial charge is 0.499 e. The number of hydrogen-bond donors (Lipinski definition) is 4. The summed E-state index contributed by atoms with van der Waals surface area (Å²) in [7, 11) is 0. The maximum absolute atomic E-state index is 8.26. The lowest BCUT2D eigenvalue weighted by atomic mass is 10.5. The van der Waals surface area contributed by atoms with E-state index in [-0.39, 0.29) is 26.4 Å². The van der Waals surface area contributed by atoms with Crippen molar-refractivity contribution >= 4 is 0 Å². The van der Waals surface area contributed by atoms with E-state index in [1.54, 1.807) is 6.26 Å². The van der Waals surface area contributed by atoms with Crippen LogP contribution < -0.4 is 0 Å². The van der Waals surface area contributed by atoms with Gasteiger partial charge in [-0.2, -0.15) is 0 Å². The van der Waals surface area contributed by atoms with Gasteiger partial charge in [0, 0.05) is 13.2 Å². The molecule has 0 fully saturated rings. The first-order valence-corrected chi connectivity index (χ1v) is 8.95. The molecule has 0 aliphatic heterocycles. The third kappa shape index (κ3) is 65.6. The van der Waals surface area contributed by atoms with E-state index >= 15 is 0 Å². The molecule has 8 nitrogen and oxygen atoms in total. The van der Waals surface area contributed by atoms with Crippen LogP contribution in [0.5, 0.6) is 0 Å². The van der Waals surface area contributed by atoms with E-state index in [2.05, 4.69) is 0 Å². The van der Waals surface area contributed by atoms with Gasteiger partial charge in [-0.3, -0.25) is 0 Å². The van der Waals surface area contributed by atoms with E-state index < -0.39 is 0 Å². The third-order valence-corrected chi connectivity index (χ3v) is 1.84. The molecule has 0 saturated carbocycles. The van der Waals surface area contributed by atoms with Crippen LogP contribution in [-0.4, -0.2) is 92.6 Å². The number of rotatable bonds is 12. The van der Waals surface area contributed by atoms with Crippen LogP contribution in [0.4, 0.5) is 0 Å². The van der Waals surface area contributed by atoms with Crippen LogP contribution in [0.1, 0.15) is 34.6 Å². The monoisotopic (exact) mass is 386 g/mol. The van der Waals surface area contributed by atoms with Crippen LogP contribution in [0.3, 0.4) is 0 Å². The number of ether oxygens (including phenoxy) is 4. The van der Waals surface area contributed by atoms with E-state index in [0.29, 0.717) is 32.5 Å². The summed E-state index contributed by atoms with van der Waals surface area (Å²) in [5.74, 6) is 0. The highest BCUT2D eigenvalue weighted by Gasteiger charge is 1.86. The van der Waals surface area contributed by atoms with Crippen molar-refractivity contribution in [2.24, 2.45) is 0 Å². The molecule has 0 bridgehead atoms. The van der Waals surface area contributed by atoms with Gasteiger partial charge >= 0.3 is 0 Å². The molecule has 4 N–H and O–H groups in total. The van der Waals surface area contributed by atoms with E-state index in [1.807, 2.05) is 40.7 Å². The first-order valence-electron chi connectivity index (χ1n) is 8.95. The minimum absolute atomic E-state index is 0.0417. The van der Waals surface area contributed by atoms with Gasteiger partial charge in [0.1, 0.15) is 0 Å². The summed E-state index contributed by atoms with van der Waals surface area (Å²) in [5.41, 5.74) is 0. The highest BCUT2D eigenvalue weighted by atomic mass is 16.5. The zero-order valence-electron chi connectivity index (χ0n) is 17.2. The lowest BCUT2D eigenvalue weighted by Crippen LogP contribution is -2.09. The van der Waals surface area contributed by atoms with Gasteiger partial charge in [-0.05, 0) is 34.6 Å². The fourth-order valence-corrected chi connectivity index (χ4v) is 0.891. The Bertz CT molecular complexity index is 201. The molecule has 8 heteroatoms. The fourth-order valence-electron chi connectivity index (χ4n) is 0.891. The smallest absolute Gasteiger partial charge is 0.0922 e. The predicted molar refractivity (Wildman–Crippen MR) is 103 cm³/mol. The van der Waals surface area contributed by atoms with E-state index in [1.165, 1.54) is 0 Å². The zero-order chi connectivity index (χ0) is 20.9. The van der Waals surface area contributed by atoms with Crippen LogP contribution in [0.15, 0.2) is 12.3 Å². The standard InChI is InChI=1S/C6H14O4.C6H12O.C4H10O.C2H6O2/c7-1-3-9-5-6-10-4-2-8;1-4-5-7-6(2)3;1-3-5-4-2;3-1-2-4/h7-8H,1-6H2;4-6H,1-3H3;3-4H2,1-2H3;3-4H,1-2H2/b;5-4+;;. The Morgan fingerprint density at radius 2 is 1.12 bits per heavy atom. The normalized spacial score (nSPS) is 9.62. The van der Waals surface area contributed by atoms with Crippen molar-refractivity contribution < 1.29 is 39.4 Å². The second kappa shape index (κ2) is 39.4. The van der Waals surface area contributed by atoms with Crippen molar-refractivity contribution in [3.63, 3.8) is 0 Å². The Hall–Kier alpha value is -0.740. The maximum atomic E-state index is 8.26. The molecule has 0 aromatic carbocycles. The Balaban J connectivity index is -0.000000133. The molecule has 0 unspecified atom stereocenters. The van der Waals surface area contributed by atoms with Gasteiger partial charge in [-0.1, -0.05) is 6.08 Å². The highest BCUT2D eigenvalue weighted by molar-refractivity contribution is 4.65. The van der Waals surface area contributed by atoms with Crippen molar-refractivity contribution in [2.45, 2.75) is 40.7 Å².